The van der Waals surface area contributed by atoms with Gasteiger partial charge in [-0.15, -0.1) is 0 Å². The number of anilines is 1. The highest BCUT2D eigenvalue weighted by atomic mass is 16.5. The summed E-state index contributed by atoms with van der Waals surface area (Å²) in [5, 5.41) is 2.94. The summed E-state index contributed by atoms with van der Waals surface area (Å²) in [6.45, 7) is 5.04. The molecule has 8 nitrogen and oxygen atoms in total. The van der Waals surface area contributed by atoms with Gasteiger partial charge in [0.25, 0.3) is 5.91 Å². The maximum Gasteiger partial charge on any atom is 0.321 e. The minimum absolute atomic E-state index is 0.183. The fourth-order valence-corrected chi connectivity index (χ4v) is 3.55. The fourth-order valence-electron chi connectivity index (χ4n) is 3.55. The van der Waals surface area contributed by atoms with Crippen LogP contribution in [0.3, 0.4) is 0 Å². The second-order valence-electron chi connectivity index (χ2n) is 7.73. The van der Waals surface area contributed by atoms with E-state index in [0.717, 1.165) is 38.3 Å². The highest BCUT2D eigenvalue weighted by molar-refractivity contribution is 6.04. The number of benzene rings is 2. The van der Waals surface area contributed by atoms with E-state index in [4.69, 9.17) is 9.47 Å². The van der Waals surface area contributed by atoms with Crippen molar-refractivity contribution in [1.29, 1.82) is 0 Å². The number of methoxy groups -OCH3 is 1. The maximum absolute atomic E-state index is 12.9. The molecule has 8 heteroatoms. The number of hydrogen-bond donors (Lipinski definition) is 1. The molecule has 1 amide bonds. The zero-order chi connectivity index (χ0) is 22.3. The van der Waals surface area contributed by atoms with E-state index in [9.17, 15) is 4.79 Å². The molecule has 32 heavy (non-hydrogen) atoms. The quantitative estimate of drug-likeness (QED) is 0.613. The van der Waals surface area contributed by atoms with Gasteiger partial charge in [0.05, 0.1) is 7.11 Å². The summed E-state index contributed by atoms with van der Waals surface area (Å²) in [6, 6.07) is 14.9. The number of carbonyl (C=O) groups excluding carboxylic acids is 1. The van der Waals surface area contributed by atoms with Gasteiger partial charge in [-0.2, -0.15) is 0 Å². The smallest absolute Gasteiger partial charge is 0.321 e. The van der Waals surface area contributed by atoms with Gasteiger partial charge in [-0.3, -0.25) is 9.69 Å². The van der Waals surface area contributed by atoms with Crippen molar-refractivity contribution >= 4 is 11.6 Å². The lowest BCUT2D eigenvalue weighted by Crippen LogP contribution is -2.43. The van der Waals surface area contributed by atoms with Crippen molar-refractivity contribution in [2.24, 2.45) is 0 Å². The van der Waals surface area contributed by atoms with E-state index in [1.165, 1.54) is 0 Å². The topological polar surface area (TPSA) is 79.8 Å². The van der Waals surface area contributed by atoms with Crippen LogP contribution in [0.25, 0.3) is 0 Å². The Morgan fingerprint density at radius 3 is 2.53 bits per heavy atom. The molecule has 0 atom stereocenters. The van der Waals surface area contributed by atoms with Gasteiger partial charge in [-0.05, 0) is 42.9 Å². The van der Waals surface area contributed by atoms with E-state index >= 15 is 0 Å². The van der Waals surface area contributed by atoms with Crippen molar-refractivity contribution in [3.05, 3.63) is 72.1 Å². The first-order chi connectivity index (χ1) is 15.6. The van der Waals surface area contributed by atoms with Crippen molar-refractivity contribution in [2.75, 3.05) is 45.7 Å². The molecule has 1 aliphatic heterocycles. The molecule has 3 aromatic rings. The van der Waals surface area contributed by atoms with Crippen LogP contribution in [-0.2, 0) is 6.54 Å². The van der Waals surface area contributed by atoms with E-state index < -0.39 is 0 Å². The van der Waals surface area contributed by atoms with Gasteiger partial charge in [0, 0.05) is 62.4 Å². The van der Waals surface area contributed by atoms with E-state index in [2.05, 4.69) is 38.2 Å². The number of carbonyl (C=O) groups is 1. The third kappa shape index (κ3) is 5.60. The maximum atomic E-state index is 12.9. The third-order valence-electron chi connectivity index (χ3n) is 5.36. The van der Waals surface area contributed by atoms with E-state index in [1.54, 1.807) is 43.8 Å². The molecule has 2 heterocycles. The fraction of sp³-hybridized carbons (Fsp3) is 0.292. The first kappa shape index (κ1) is 21.7. The lowest BCUT2D eigenvalue weighted by molar-refractivity contribution is 0.102. The van der Waals surface area contributed by atoms with E-state index in [1.807, 2.05) is 18.2 Å². The molecular weight excluding hydrogens is 406 g/mol. The number of amides is 1. The Morgan fingerprint density at radius 2 is 1.78 bits per heavy atom. The second-order valence-corrected chi connectivity index (χ2v) is 7.73. The minimum Gasteiger partial charge on any atom is -0.493 e. The normalized spacial score (nSPS) is 14.7. The summed E-state index contributed by atoms with van der Waals surface area (Å²) < 4.78 is 11.1. The number of ether oxygens (including phenoxy) is 2. The Labute approximate surface area is 187 Å². The van der Waals surface area contributed by atoms with Crippen molar-refractivity contribution in [2.45, 2.75) is 6.54 Å². The summed E-state index contributed by atoms with van der Waals surface area (Å²) >= 11 is 0. The monoisotopic (exact) mass is 433 g/mol. The lowest BCUT2D eigenvalue weighted by atomic mass is 10.1. The van der Waals surface area contributed by atoms with Crippen molar-refractivity contribution < 1.29 is 14.3 Å². The molecule has 0 saturated carbocycles. The molecule has 1 N–H and O–H groups in total. The van der Waals surface area contributed by atoms with Gasteiger partial charge in [0.1, 0.15) is 0 Å². The molecule has 166 valence electrons. The predicted octanol–water partition coefficient (Wildman–Crippen LogP) is 3.28. The first-order valence-corrected chi connectivity index (χ1v) is 10.5. The molecule has 0 aliphatic carbocycles. The van der Waals surface area contributed by atoms with E-state index in [-0.39, 0.29) is 11.9 Å². The molecule has 0 unspecified atom stereocenters. The molecule has 0 bridgehead atoms. The van der Waals surface area contributed by atoms with Gasteiger partial charge >= 0.3 is 6.01 Å². The Kier molecular flexibility index (Phi) is 6.94. The predicted molar refractivity (Wildman–Crippen MR) is 122 cm³/mol. The lowest BCUT2D eigenvalue weighted by Gasteiger charge is -2.32. The number of nitrogens with zero attached hydrogens (tertiary/aromatic N) is 4. The first-order valence-electron chi connectivity index (χ1n) is 10.5. The highest BCUT2D eigenvalue weighted by Gasteiger charge is 2.15. The van der Waals surface area contributed by atoms with Gasteiger partial charge in [0.2, 0.25) is 0 Å². The van der Waals surface area contributed by atoms with Crippen LogP contribution in [0.15, 0.2) is 60.9 Å². The average molecular weight is 434 g/mol. The number of aromatic nitrogens is 2. The molecule has 1 aromatic heterocycles. The van der Waals surface area contributed by atoms with Crippen molar-refractivity contribution in [3.8, 4) is 17.5 Å². The van der Waals surface area contributed by atoms with Crippen LogP contribution in [0.4, 0.5) is 5.69 Å². The molecule has 1 aliphatic rings. The second kappa shape index (κ2) is 10.2. The van der Waals surface area contributed by atoms with Gasteiger partial charge in [-0.25, -0.2) is 9.97 Å². The number of likely N-dealkylation sites (N-methyl/N-ethyl adjacent to an activating group) is 1. The van der Waals surface area contributed by atoms with Crippen LogP contribution >= 0.6 is 0 Å². The van der Waals surface area contributed by atoms with Crippen LogP contribution in [-0.4, -0.2) is 66.0 Å². The Morgan fingerprint density at radius 1 is 1.00 bits per heavy atom. The molecule has 1 fully saturated rings. The number of hydrogen-bond acceptors (Lipinski definition) is 7. The molecular formula is C24H27N5O3. The van der Waals surface area contributed by atoms with Crippen LogP contribution in [0, 0.1) is 0 Å². The van der Waals surface area contributed by atoms with Gasteiger partial charge in [-0.1, -0.05) is 12.1 Å². The summed E-state index contributed by atoms with van der Waals surface area (Å²) in [5.41, 5.74) is 2.33. The largest absolute Gasteiger partial charge is 0.493 e. The zero-order valence-corrected chi connectivity index (χ0v) is 18.3. The van der Waals surface area contributed by atoms with Crippen LogP contribution in [0.1, 0.15) is 15.9 Å². The van der Waals surface area contributed by atoms with Crippen LogP contribution in [0.5, 0.6) is 17.5 Å². The molecule has 0 spiro atoms. The summed E-state index contributed by atoms with van der Waals surface area (Å²) in [6.07, 6.45) is 3.19. The minimum atomic E-state index is -0.183. The number of piperazine rings is 1. The van der Waals surface area contributed by atoms with Crippen LogP contribution < -0.4 is 14.8 Å². The average Bonchev–Trinajstić information content (AvgIpc) is 2.82. The number of rotatable bonds is 7. The Bertz CT molecular complexity index is 1050. The third-order valence-corrected chi connectivity index (χ3v) is 5.36. The molecule has 2 aromatic carbocycles. The highest BCUT2D eigenvalue weighted by Crippen LogP contribution is 2.33. The SMILES string of the molecule is COc1ccc(NC(=O)c2cccc(CN3CCN(C)CC3)c2)cc1Oc1ncccn1. The number of nitrogens with one attached hydrogen (secondary N) is 1. The molecule has 0 radical (unpaired) electrons. The summed E-state index contributed by atoms with van der Waals surface area (Å²) in [5.74, 6) is 0.752. The summed E-state index contributed by atoms with van der Waals surface area (Å²) in [4.78, 5) is 25.8. The Balaban J connectivity index is 1.45. The van der Waals surface area contributed by atoms with E-state index in [0.29, 0.717) is 22.7 Å². The Hall–Kier alpha value is -3.49. The van der Waals surface area contributed by atoms with Crippen LogP contribution in [0.2, 0.25) is 0 Å². The van der Waals surface area contributed by atoms with Gasteiger partial charge in [0.15, 0.2) is 11.5 Å². The standard InChI is InChI=1S/C24H27N5O3/c1-28-11-13-29(14-12-28)17-18-5-3-6-19(15-18)23(30)27-20-7-8-21(31-2)22(16-20)32-24-25-9-4-10-26-24/h3-10,15-16H,11-14,17H2,1-2H3,(H,27,30). The summed E-state index contributed by atoms with van der Waals surface area (Å²) in [7, 11) is 3.70. The zero-order valence-electron chi connectivity index (χ0n) is 18.3. The van der Waals surface area contributed by atoms with Gasteiger partial charge < -0.3 is 19.7 Å². The molecule has 4 rings (SSSR count). The van der Waals surface area contributed by atoms with Crippen molar-refractivity contribution in [3.63, 3.8) is 0 Å². The molecule has 1 saturated heterocycles. The van der Waals surface area contributed by atoms with Crippen molar-refractivity contribution in [1.82, 2.24) is 19.8 Å².